The van der Waals surface area contributed by atoms with Gasteiger partial charge in [0.15, 0.2) is 0 Å². The second-order valence-electron chi connectivity index (χ2n) is 2.37. The molecule has 0 fully saturated rings. The van der Waals surface area contributed by atoms with Crippen molar-refractivity contribution in [2.45, 2.75) is 4.90 Å². The highest BCUT2D eigenvalue weighted by Crippen LogP contribution is 2.53. The molecule has 0 atom stereocenters. The van der Waals surface area contributed by atoms with E-state index >= 15 is 0 Å². The Hall–Kier alpha value is -0.0600. The second-order valence-corrected chi connectivity index (χ2v) is 8.88. The van der Waals surface area contributed by atoms with Gasteiger partial charge >= 0.3 is 6.00 Å². The standard InChI is InChI=1S/C6H6Cl2NO3PS/c7-13(8,10)9-14(11,12)6-4-2-1-3-5-6/h1-5H,(H,9,10). The first-order valence-electron chi connectivity index (χ1n) is 3.40. The molecule has 0 unspecified atom stereocenters. The number of rotatable bonds is 3. The Bertz CT molecular complexity index is 455. The summed E-state index contributed by atoms with van der Waals surface area (Å²) in [5.41, 5.74) is 0. The van der Waals surface area contributed by atoms with Crippen LogP contribution in [0.3, 0.4) is 0 Å². The molecule has 1 aromatic rings. The van der Waals surface area contributed by atoms with E-state index in [1.54, 1.807) is 10.6 Å². The summed E-state index contributed by atoms with van der Waals surface area (Å²) in [7, 11) is -3.89. The molecule has 8 heteroatoms. The molecule has 0 radical (unpaired) electrons. The van der Waals surface area contributed by atoms with E-state index in [-0.39, 0.29) is 4.90 Å². The van der Waals surface area contributed by atoms with Crippen LogP contribution in [0.1, 0.15) is 0 Å². The van der Waals surface area contributed by atoms with Crippen LogP contribution >= 0.6 is 28.5 Å². The molecule has 1 rings (SSSR count). The molecule has 0 aliphatic rings. The van der Waals surface area contributed by atoms with Crippen LogP contribution < -0.4 is 4.49 Å². The van der Waals surface area contributed by atoms with E-state index in [1.165, 1.54) is 24.3 Å². The first kappa shape index (κ1) is 12.0. The maximum atomic E-state index is 11.4. The zero-order valence-electron chi connectivity index (χ0n) is 6.72. The van der Waals surface area contributed by atoms with Gasteiger partial charge in [0.05, 0.1) is 4.90 Å². The highest BCUT2D eigenvalue weighted by molar-refractivity contribution is 8.14. The van der Waals surface area contributed by atoms with Gasteiger partial charge in [-0.1, -0.05) is 18.2 Å². The molecule has 1 aromatic carbocycles. The van der Waals surface area contributed by atoms with Crippen LogP contribution in [0, 0.1) is 0 Å². The largest absolute Gasteiger partial charge is 0.332 e. The van der Waals surface area contributed by atoms with Crippen molar-refractivity contribution in [3.63, 3.8) is 0 Å². The van der Waals surface area contributed by atoms with Crippen LogP contribution in [-0.4, -0.2) is 8.42 Å². The molecule has 0 aliphatic carbocycles. The molecule has 0 spiro atoms. The Kier molecular flexibility index (Phi) is 3.61. The zero-order valence-corrected chi connectivity index (χ0v) is 9.95. The van der Waals surface area contributed by atoms with E-state index < -0.39 is 16.0 Å². The fourth-order valence-electron chi connectivity index (χ4n) is 0.792. The number of nitrogens with one attached hydrogen (secondary N) is 1. The lowest BCUT2D eigenvalue weighted by Crippen LogP contribution is -2.17. The van der Waals surface area contributed by atoms with Crippen LogP contribution in [0.5, 0.6) is 0 Å². The van der Waals surface area contributed by atoms with Crippen molar-refractivity contribution in [3.05, 3.63) is 30.3 Å². The van der Waals surface area contributed by atoms with Crippen molar-refractivity contribution in [3.8, 4) is 0 Å². The molecule has 0 aromatic heterocycles. The van der Waals surface area contributed by atoms with E-state index in [1.807, 2.05) is 0 Å². The summed E-state index contributed by atoms with van der Waals surface area (Å²) in [6.45, 7) is 0. The zero-order chi connectivity index (χ0) is 10.8. The van der Waals surface area contributed by atoms with Crippen LogP contribution in [0.15, 0.2) is 35.2 Å². The molecule has 0 saturated carbocycles. The molecule has 14 heavy (non-hydrogen) atoms. The average molecular weight is 274 g/mol. The lowest BCUT2D eigenvalue weighted by Gasteiger charge is -2.05. The van der Waals surface area contributed by atoms with E-state index in [9.17, 15) is 13.0 Å². The molecule has 4 nitrogen and oxygen atoms in total. The molecular formula is C6H6Cl2NO3PS. The first-order chi connectivity index (χ1) is 6.31. The van der Waals surface area contributed by atoms with E-state index in [2.05, 4.69) is 0 Å². The predicted octanol–water partition coefficient (Wildman–Crippen LogP) is 2.55. The maximum absolute atomic E-state index is 11.4. The van der Waals surface area contributed by atoms with Crippen molar-refractivity contribution in [2.24, 2.45) is 0 Å². The summed E-state index contributed by atoms with van der Waals surface area (Å²) < 4.78 is 35.3. The van der Waals surface area contributed by atoms with Gasteiger partial charge in [0.2, 0.25) is 10.0 Å². The van der Waals surface area contributed by atoms with Gasteiger partial charge in [-0.05, 0) is 34.6 Å². The minimum Gasteiger partial charge on any atom is -0.270 e. The Balaban J connectivity index is 3.05. The lowest BCUT2D eigenvalue weighted by atomic mass is 10.4. The average Bonchev–Trinajstić information content (AvgIpc) is 2.01. The number of sulfonamides is 1. The van der Waals surface area contributed by atoms with Gasteiger partial charge < -0.3 is 0 Å². The summed E-state index contributed by atoms with van der Waals surface area (Å²) in [5, 5.41) is 0. The predicted molar refractivity (Wildman–Crippen MR) is 56.1 cm³/mol. The van der Waals surface area contributed by atoms with E-state index in [4.69, 9.17) is 22.5 Å². The van der Waals surface area contributed by atoms with Gasteiger partial charge in [-0.2, -0.15) is 0 Å². The first-order valence-corrected chi connectivity index (χ1v) is 8.40. The molecule has 0 bridgehead atoms. The van der Waals surface area contributed by atoms with Crippen molar-refractivity contribution in [2.75, 3.05) is 0 Å². The number of halogens is 2. The van der Waals surface area contributed by atoms with E-state index in [0.717, 1.165) is 0 Å². The van der Waals surface area contributed by atoms with Crippen LogP contribution in [0.4, 0.5) is 0 Å². The van der Waals surface area contributed by atoms with Gasteiger partial charge in [-0.25, -0.2) is 8.42 Å². The molecular weight excluding hydrogens is 268 g/mol. The Morgan fingerprint density at radius 3 is 2.07 bits per heavy atom. The summed E-state index contributed by atoms with van der Waals surface area (Å²) in [5.74, 6) is -3.85. The molecule has 0 saturated heterocycles. The SMILES string of the molecule is O=P(Cl)(Cl)NS(=O)(=O)c1ccccc1. The van der Waals surface area contributed by atoms with Gasteiger partial charge in [-0.15, -0.1) is 4.49 Å². The van der Waals surface area contributed by atoms with Crippen molar-refractivity contribution in [1.82, 2.24) is 4.49 Å². The molecule has 1 N–H and O–H groups in total. The topological polar surface area (TPSA) is 63.2 Å². The quantitative estimate of drug-likeness (QED) is 0.861. The molecule has 0 aliphatic heterocycles. The summed E-state index contributed by atoms with van der Waals surface area (Å²) in [6, 6.07) is 7.39. The maximum Gasteiger partial charge on any atom is 0.332 e. The Morgan fingerprint density at radius 2 is 1.64 bits per heavy atom. The Morgan fingerprint density at radius 1 is 1.14 bits per heavy atom. The third-order valence-electron chi connectivity index (χ3n) is 1.28. The molecule has 78 valence electrons. The highest BCUT2D eigenvalue weighted by Gasteiger charge is 2.24. The van der Waals surface area contributed by atoms with Gasteiger partial charge in [0.25, 0.3) is 0 Å². The third-order valence-corrected chi connectivity index (χ3v) is 5.23. The fraction of sp³-hybridized carbons (Fsp3) is 0. The third kappa shape index (κ3) is 3.59. The Labute approximate surface area is 91.3 Å². The van der Waals surface area contributed by atoms with Crippen LogP contribution in [-0.2, 0) is 14.6 Å². The fourth-order valence-corrected chi connectivity index (χ4v) is 4.48. The summed E-state index contributed by atoms with van der Waals surface area (Å²) >= 11 is 10.2. The van der Waals surface area contributed by atoms with Crippen molar-refractivity contribution >= 4 is 38.5 Å². The van der Waals surface area contributed by atoms with Gasteiger partial charge in [0.1, 0.15) is 0 Å². The second kappa shape index (κ2) is 4.21. The minimum absolute atomic E-state index is 0.0403. The number of hydrogen-bond acceptors (Lipinski definition) is 3. The normalized spacial score (nSPS) is 12.7. The number of hydrogen-bond donors (Lipinski definition) is 1. The number of benzene rings is 1. The highest BCUT2D eigenvalue weighted by atomic mass is 35.9. The van der Waals surface area contributed by atoms with Gasteiger partial charge in [0, 0.05) is 0 Å². The van der Waals surface area contributed by atoms with Crippen molar-refractivity contribution < 1.29 is 13.0 Å². The summed E-state index contributed by atoms with van der Waals surface area (Å²) in [6.07, 6.45) is 0. The molecule has 0 amide bonds. The minimum atomic E-state index is -3.89. The van der Waals surface area contributed by atoms with Crippen molar-refractivity contribution in [1.29, 1.82) is 0 Å². The molecule has 0 heterocycles. The van der Waals surface area contributed by atoms with Crippen LogP contribution in [0.2, 0.25) is 0 Å². The van der Waals surface area contributed by atoms with E-state index in [0.29, 0.717) is 0 Å². The lowest BCUT2D eigenvalue weighted by molar-refractivity contribution is 0.580. The van der Waals surface area contributed by atoms with Crippen LogP contribution in [0.25, 0.3) is 0 Å². The smallest absolute Gasteiger partial charge is 0.270 e. The van der Waals surface area contributed by atoms with Gasteiger partial charge in [-0.3, -0.25) is 4.57 Å². The monoisotopic (exact) mass is 273 g/mol. The summed E-state index contributed by atoms with van der Waals surface area (Å²) in [4.78, 5) is -0.0403.